The van der Waals surface area contributed by atoms with Crippen molar-refractivity contribution in [2.24, 2.45) is 11.8 Å². The Balaban J connectivity index is 1.54. The van der Waals surface area contributed by atoms with E-state index in [2.05, 4.69) is 5.32 Å². The Morgan fingerprint density at radius 1 is 1.07 bits per heavy atom. The molecule has 3 aliphatic rings. The lowest BCUT2D eigenvalue weighted by Crippen LogP contribution is -2.38. The number of hydrogen-bond donors (Lipinski definition) is 1. The van der Waals surface area contributed by atoms with Crippen molar-refractivity contribution >= 4 is 15.9 Å². The van der Waals surface area contributed by atoms with Gasteiger partial charge in [0.05, 0.1) is 4.90 Å². The van der Waals surface area contributed by atoms with Crippen LogP contribution >= 0.6 is 0 Å². The molecule has 1 N–H and O–H groups in total. The van der Waals surface area contributed by atoms with Gasteiger partial charge in [0.2, 0.25) is 10.0 Å². The molecule has 2 bridgehead atoms. The van der Waals surface area contributed by atoms with Crippen LogP contribution in [0, 0.1) is 18.8 Å². The average Bonchev–Trinajstić information content (AvgIpc) is 3.14. The molecule has 148 valence electrons. The lowest BCUT2D eigenvalue weighted by atomic mass is 9.95. The van der Waals surface area contributed by atoms with Gasteiger partial charge in [-0.2, -0.15) is 4.31 Å². The first-order valence-corrected chi connectivity index (χ1v) is 11.8. The smallest absolute Gasteiger partial charge is 0.251 e. The normalized spacial score (nSPS) is 28.9. The molecule has 4 rings (SSSR count). The van der Waals surface area contributed by atoms with Crippen LogP contribution in [0.3, 0.4) is 0 Å². The number of nitrogens with zero attached hydrogens (tertiary/aromatic N) is 1. The number of carbonyl (C=O) groups is 1. The SMILES string of the molecule is Cc1ccc(C(=O)N[C@H]2C[C@H]3CC[C@@H]2C3)cc1S(=O)(=O)N1CCCCCC1. The predicted octanol–water partition coefficient (Wildman–Crippen LogP) is 3.48. The number of amides is 1. The van der Waals surface area contributed by atoms with Gasteiger partial charge in [0.15, 0.2) is 0 Å². The van der Waals surface area contributed by atoms with Crippen molar-refractivity contribution < 1.29 is 13.2 Å². The summed E-state index contributed by atoms with van der Waals surface area (Å²) < 4.78 is 28.0. The molecule has 27 heavy (non-hydrogen) atoms. The zero-order valence-corrected chi connectivity index (χ0v) is 16.9. The Morgan fingerprint density at radius 3 is 2.44 bits per heavy atom. The van der Waals surface area contributed by atoms with Gasteiger partial charge >= 0.3 is 0 Å². The second-order valence-corrected chi connectivity index (χ2v) is 10.5. The highest BCUT2D eigenvalue weighted by molar-refractivity contribution is 7.89. The molecule has 2 aliphatic carbocycles. The van der Waals surface area contributed by atoms with Gasteiger partial charge in [-0.05, 0) is 68.6 Å². The third-order valence-corrected chi connectivity index (χ3v) is 8.73. The van der Waals surface area contributed by atoms with Crippen LogP contribution in [-0.2, 0) is 10.0 Å². The molecule has 3 fully saturated rings. The van der Waals surface area contributed by atoms with Gasteiger partial charge in [0.25, 0.3) is 5.91 Å². The predicted molar refractivity (Wildman–Crippen MR) is 105 cm³/mol. The molecule has 2 saturated carbocycles. The minimum absolute atomic E-state index is 0.139. The first kappa shape index (κ1) is 18.9. The van der Waals surface area contributed by atoms with Gasteiger partial charge < -0.3 is 5.32 Å². The molecule has 1 aromatic carbocycles. The van der Waals surface area contributed by atoms with E-state index in [4.69, 9.17) is 0 Å². The molecule has 1 aliphatic heterocycles. The van der Waals surface area contributed by atoms with Gasteiger partial charge in [-0.25, -0.2) is 8.42 Å². The van der Waals surface area contributed by atoms with Crippen molar-refractivity contribution in [1.82, 2.24) is 9.62 Å². The summed E-state index contributed by atoms with van der Waals surface area (Å²) in [5.74, 6) is 1.22. The third-order valence-electron chi connectivity index (χ3n) is 6.69. The van der Waals surface area contributed by atoms with Crippen molar-refractivity contribution in [3.05, 3.63) is 29.3 Å². The van der Waals surface area contributed by atoms with Crippen LogP contribution in [0.15, 0.2) is 23.1 Å². The standard InChI is InChI=1S/C21H30N2O3S/c1-15-6-8-18(21(24)22-19-13-16-7-9-17(19)12-16)14-20(15)27(25,26)23-10-4-2-3-5-11-23/h6,8,14,16-17,19H,2-5,7,9-13H2,1H3,(H,22,24)/t16-,17+,19-/m0/s1. The Hall–Kier alpha value is -1.40. The van der Waals surface area contributed by atoms with Crippen molar-refractivity contribution in [2.45, 2.75) is 69.2 Å². The van der Waals surface area contributed by atoms with Crippen molar-refractivity contribution in [3.8, 4) is 0 Å². The van der Waals surface area contributed by atoms with Gasteiger partial charge in [-0.1, -0.05) is 25.3 Å². The molecule has 1 heterocycles. The van der Waals surface area contributed by atoms with Crippen LogP contribution in [-0.4, -0.2) is 37.8 Å². The average molecular weight is 391 g/mol. The lowest BCUT2D eigenvalue weighted by Gasteiger charge is -2.24. The van der Waals surface area contributed by atoms with Crippen LogP contribution in [0.5, 0.6) is 0 Å². The van der Waals surface area contributed by atoms with Gasteiger partial charge in [-0.3, -0.25) is 4.79 Å². The molecule has 5 nitrogen and oxygen atoms in total. The zero-order chi connectivity index (χ0) is 19.0. The van der Waals surface area contributed by atoms with E-state index in [0.717, 1.165) is 38.0 Å². The Bertz CT molecular complexity index is 813. The first-order chi connectivity index (χ1) is 12.9. The largest absolute Gasteiger partial charge is 0.349 e. The van der Waals surface area contributed by atoms with Crippen molar-refractivity contribution in [1.29, 1.82) is 0 Å². The summed E-state index contributed by atoms with van der Waals surface area (Å²) in [4.78, 5) is 13.1. The maximum Gasteiger partial charge on any atom is 0.251 e. The fourth-order valence-corrected chi connectivity index (χ4v) is 6.88. The summed E-state index contributed by atoms with van der Waals surface area (Å²) in [5, 5.41) is 3.17. The van der Waals surface area contributed by atoms with E-state index in [0.29, 0.717) is 30.1 Å². The minimum atomic E-state index is -3.55. The number of fused-ring (bicyclic) bond motifs is 2. The maximum atomic E-state index is 13.2. The molecule has 0 spiro atoms. The minimum Gasteiger partial charge on any atom is -0.349 e. The van der Waals surface area contributed by atoms with Crippen LogP contribution in [0.25, 0.3) is 0 Å². The quantitative estimate of drug-likeness (QED) is 0.856. The van der Waals surface area contributed by atoms with Crippen LogP contribution in [0.1, 0.15) is 67.3 Å². The van der Waals surface area contributed by atoms with Crippen molar-refractivity contribution in [2.75, 3.05) is 13.1 Å². The van der Waals surface area contributed by atoms with E-state index in [1.54, 1.807) is 22.5 Å². The molecule has 0 radical (unpaired) electrons. The number of nitrogens with one attached hydrogen (secondary N) is 1. The molecule has 0 unspecified atom stereocenters. The summed E-state index contributed by atoms with van der Waals surface area (Å²) in [5.41, 5.74) is 1.16. The fourth-order valence-electron chi connectivity index (χ4n) is 5.11. The van der Waals surface area contributed by atoms with E-state index >= 15 is 0 Å². The molecule has 1 saturated heterocycles. The van der Waals surface area contributed by atoms with E-state index in [9.17, 15) is 13.2 Å². The van der Waals surface area contributed by atoms with Crippen LogP contribution in [0.2, 0.25) is 0 Å². The van der Waals surface area contributed by atoms with E-state index in [1.807, 2.05) is 6.92 Å². The summed E-state index contributed by atoms with van der Waals surface area (Å²) >= 11 is 0. The summed E-state index contributed by atoms with van der Waals surface area (Å²) in [6.45, 7) is 2.95. The van der Waals surface area contributed by atoms with E-state index < -0.39 is 10.0 Å². The molecular weight excluding hydrogens is 360 g/mol. The molecule has 1 aromatic rings. The molecule has 3 atom stereocenters. The van der Waals surface area contributed by atoms with Gasteiger partial charge in [0.1, 0.15) is 0 Å². The van der Waals surface area contributed by atoms with Crippen LogP contribution < -0.4 is 5.32 Å². The molecular formula is C21H30N2O3S. The second-order valence-electron chi connectivity index (χ2n) is 8.55. The monoisotopic (exact) mass is 390 g/mol. The fraction of sp³-hybridized carbons (Fsp3) is 0.667. The lowest BCUT2D eigenvalue weighted by molar-refractivity contribution is 0.0922. The van der Waals surface area contributed by atoms with E-state index in [-0.39, 0.29) is 16.8 Å². The Kier molecular flexibility index (Phi) is 5.30. The van der Waals surface area contributed by atoms with E-state index in [1.165, 1.54) is 19.3 Å². The topological polar surface area (TPSA) is 66.5 Å². The number of sulfonamides is 1. The highest BCUT2D eigenvalue weighted by Gasteiger charge is 2.40. The van der Waals surface area contributed by atoms with Gasteiger partial charge in [-0.15, -0.1) is 0 Å². The first-order valence-electron chi connectivity index (χ1n) is 10.4. The summed E-state index contributed by atoms with van der Waals surface area (Å²) in [6.07, 6.45) is 8.77. The number of hydrogen-bond acceptors (Lipinski definition) is 3. The maximum absolute atomic E-state index is 13.2. The highest BCUT2D eigenvalue weighted by atomic mass is 32.2. The number of rotatable bonds is 4. The number of aryl methyl sites for hydroxylation is 1. The Labute approximate surface area is 162 Å². The highest BCUT2D eigenvalue weighted by Crippen LogP contribution is 2.44. The molecule has 6 heteroatoms. The number of benzene rings is 1. The Morgan fingerprint density at radius 2 is 1.81 bits per heavy atom. The molecule has 1 amide bonds. The summed E-state index contributed by atoms with van der Waals surface area (Å²) in [6, 6.07) is 5.35. The van der Waals surface area contributed by atoms with Crippen molar-refractivity contribution in [3.63, 3.8) is 0 Å². The third kappa shape index (κ3) is 3.79. The van der Waals surface area contributed by atoms with Crippen LogP contribution in [0.4, 0.5) is 0 Å². The molecule has 0 aromatic heterocycles. The van der Waals surface area contributed by atoms with Gasteiger partial charge in [0, 0.05) is 24.7 Å². The second kappa shape index (κ2) is 7.55. The number of carbonyl (C=O) groups excluding carboxylic acids is 1. The summed E-state index contributed by atoms with van der Waals surface area (Å²) in [7, 11) is -3.55. The zero-order valence-electron chi connectivity index (χ0n) is 16.1.